The molecule has 0 radical (unpaired) electrons. The van der Waals surface area contributed by atoms with E-state index in [-0.39, 0.29) is 6.03 Å². The van der Waals surface area contributed by atoms with Crippen LogP contribution in [0.3, 0.4) is 0 Å². The summed E-state index contributed by atoms with van der Waals surface area (Å²) in [6, 6.07) is 20.7. The van der Waals surface area contributed by atoms with Gasteiger partial charge in [-0.05, 0) is 48.0 Å². The van der Waals surface area contributed by atoms with Crippen molar-refractivity contribution in [3.05, 3.63) is 84.7 Å². The van der Waals surface area contributed by atoms with Gasteiger partial charge in [-0.1, -0.05) is 24.3 Å². The zero-order chi connectivity index (χ0) is 18.6. The van der Waals surface area contributed by atoms with Crippen LogP contribution in [-0.2, 0) is 6.54 Å². The van der Waals surface area contributed by atoms with Gasteiger partial charge in [0.2, 0.25) is 0 Å². The van der Waals surface area contributed by atoms with Crippen LogP contribution in [0, 0.1) is 0 Å². The van der Waals surface area contributed by atoms with Crippen LogP contribution in [0.4, 0.5) is 22.0 Å². The molecule has 0 unspecified atom stereocenters. The van der Waals surface area contributed by atoms with Crippen LogP contribution in [0.15, 0.2) is 79.1 Å². The molecule has 0 saturated heterocycles. The van der Waals surface area contributed by atoms with Crippen LogP contribution in [0.2, 0.25) is 0 Å². The maximum absolute atomic E-state index is 12.3. The molecule has 0 fully saturated rings. The first-order chi connectivity index (χ1) is 13.2. The molecule has 0 aliphatic rings. The van der Waals surface area contributed by atoms with Gasteiger partial charge in [0.15, 0.2) is 0 Å². The largest absolute Gasteiger partial charge is 0.384 e. The van der Waals surface area contributed by atoms with Gasteiger partial charge >= 0.3 is 6.03 Å². The Balaban J connectivity index is 1.56. The Morgan fingerprint density at radius 1 is 1.00 bits per heavy atom. The first kappa shape index (κ1) is 16.7. The molecule has 4 rings (SSSR count). The Morgan fingerprint density at radius 2 is 1.85 bits per heavy atom. The van der Waals surface area contributed by atoms with Crippen molar-refractivity contribution in [1.29, 1.82) is 0 Å². The highest BCUT2D eigenvalue weighted by atomic mass is 16.2. The Hall–Kier alpha value is -3.80. The van der Waals surface area contributed by atoms with Crippen molar-refractivity contribution in [2.45, 2.75) is 6.54 Å². The lowest BCUT2D eigenvalue weighted by atomic mass is 10.2. The number of aromatic nitrogens is 2. The van der Waals surface area contributed by atoms with Crippen molar-refractivity contribution in [2.24, 2.45) is 0 Å². The van der Waals surface area contributed by atoms with Gasteiger partial charge in [-0.15, -0.1) is 0 Å². The van der Waals surface area contributed by atoms with Gasteiger partial charge in [0.05, 0.1) is 11.2 Å². The summed E-state index contributed by atoms with van der Waals surface area (Å²) in [6.07, 6.45) is 3.71. The quantitative estimate of drug-likeness (QED) is 0.509. The maximum atomic E-state index is 12.3. The number of nitrogens with two attached hydrogens (primary N) is 1. The van der Waals surface area contributed by atoms with Gasteiger partial charge in [0.25, 0.3) is 0 Å². The molecule has 4 aromatic rings. The first-order valence-electron chi connectivity index (χ1n) is 8.60. The Morgan fingerprint density at radius 3 is 2.67 bits per heavy atom. The van der Waals surface area contributed by atoms with Crippen molar-refractivity contribution in [3.63, 3.8) is 0 Å². The number of carbonyl (C=O) groups is 1. The average molecular weight is 357 g/mol. The molecule has 2 amide bonds. The predicted molar refractivity (Wildman–Crippen MR) is 109 cm³/mol. The van der Waals surface area contributed by atoms with Gasteiger partial charge in [-0.3, -0.25) is 0 Å². The number of rotatable bonds is 4. The van der Waals surface area contributed by atoms with Gasteiger partial charge in [-0.25, -0.2) is 9.78 Å². The molecular weight excluding hydrogens is 338 g/mol. The zero-order valence-electron chi connectivity index (χ0n) is 14.6. The van der Waals surface area contributed by atoms with Crippen LogP contribution < -0.4 is 16.4 Å². The number of carbonyl (C=O) groups excluding carboxylic acids is 1. The summed E-state index contributed by atoms with van der Waals surface area (Å²) in [7, 11) is 0. The molecule has 2 heterocycles. The lowest BCUT2D eigenvalue weighted by Gasteiger charge is -2.10. The topological polar surface area (TPSA) is 85.0 Å². The third-order valence-electron chi connectivity index (χ3n) is 4.29. The van der Waals surface area contributed by atoms with Gasteiger partial charge < -0.3 is 20.9 Å². The summed E-state index contributed by atoms with van der Waals surface area (Å²) >= 11 is 0. The number of nitrogens with one attached hydrogen (secondary N) is 2. The molecule has 0 aliphatic heterocycles. The van der Waals surface area contributed by atoms with Gasteiger partial charge in [0.1, 0.15) is 5.82 Å². The number of benzene rings is 2. The van der Waals surface area contributed by atoms with E-state index in [2.05, 4.69) is 20.2 Å². The predicted octanol–water partition coefficient (Wildman–Crippen LogP) is 4.31. The van der Waals surface area contributed by atoms with E-state index in [0.29, 0.717) is 12.4 Å². The fourth-order valence-corrected chi connectivity index (χ4v) is 3.07. The van der Waals surface area contributed by atoms with Gasteiger partial charge in [-0.2, -0.15) is 0 Å². The standard InChI is InChI=1S/C21H19N5O/c22-20-13-15(9-11-23-20)14-26-12-10-17-18(7-4-8-19(17)26)25-21(27)24-16-5-2-1-3-6-16/h1-13H,14H2,(H2,22,23)(H2,24,25,27). The van der Waals surface area contributed by atoms with Crippen molar-refractivity contribution < 1.29 is 4.79 Å². The van der Waals surface area contributed by atoms with E-state index in [9.17, 15) is 4.79 Å². The molecule has 134 valence electrons. The number of amides is 2. The van der Waals surface area contributed by atoms with E-state index in [4.69, 9.17) is 5.73 Å². The van der Waals surface area contributed by atoms with E-state index in [1.54, 1.807) is 6.20 Å². The lowest BCUT2D eigenvalue weighted by molar-refractivity contribution is 0.262. The second-order valence-electron chi connectivity index (χ2n) is 6.22. The molecule has 2 aromatic carbocycles. The van der Waals surface area contributed by atoms with E-state index in [1.807, 2.05) is 72.9 Å². The molecular formula is C21H19N5O. The maximum Gasteiger partial charge on any atom is 0.323 e. The Kier molecular flexibility index (Phi) is 4.45. The van der Waals surface area contributed by atoms with Crippen molar-refractivity contribution in [3.8, 4) is 0 Å². The molecule has 0 saturated carbocycles. The SMILES string of the molecule is Nc1cc(Cn2ccc3c(NC(=O)Nc4ccccc4)cccc32)ccn1. The minimum Gasteiger partial charge on any atom is -0.384 e. The monoisotopic (exact) mass is 357 g/mol. The smallest absolute Gasteiger partial charge is 0.323 e. The molecule has 0 atom stereocenters. The highest BCUT2D eigenvalue weighted by Gasteiger charge is 2.09. The number of anilines is 3. The third-order valence-corrected chi connectivity index (χ3v) is 4.29. The fraction of sp³-hybridized carbons (Fsp3) is 0.0476. The Labute approximate surface area is 156 Å². The number of hydrogen-bond donors (Lipinski definition) is 3. The Bertz CT molecular complexity index is 1090. The van der Waals surface area contributed by atoms with Crippen molar-refractivity contribution in [2.75, 3.05) is 16.4 Å². The molecule has 4 N–H and O–H groups in total. The molecule has 6 heteroatoms. The summed E-state index contributed by atoms with van der Waals surface area (Å²) in [5.41, 5.74) is 9.37. The van der Waals surface area contributed by atoms with E-state index in [0.717, 1.165) is 27.8 Å². The molecule has 0 aliphatic carbocycles. The molecule has 6 nitrogen and oxygen atoms in total. The first-order valence-corrected chi connectivity index (χ1v) is 8.60. The summed E-state index contributed by atoms with van der Waals surface area (Å²) in [4.78, 5) is 16.3. The van der Waals surface area contributed by atoms with E-state index < -0.39 is 0 Å². The average Bonchev–Trinajstić information content (AvgIpc) is 3.06. The number of para-hydroxylation sites is 1. The van der Waals surface area contributed by atoms with Crippen molar-refractivity contribution in [1.82, 2.24) is 9.55 Å². The van der Waals surface area contributed by atoms with E-state index in [1.165, 1.54) is 0 Å². The lowest BCUT2D eigenvalue weighted by Crippen LogP contribution is -2.19. The second-order valence-corrected chi connectivity index (χ2v) is 6.22. The second kappa shape index (κ2) is 7.21. The number of nitrogen functional groups attached to an aromatic ring is 1. The van der Waals surface area contributed by atoms with Crippen LogP contribution >= 0.6 is 0 Å². The van der Waals surface area contributed by atoms with E-state index >= 15 is 0 Å². The fourth-order valence-electron chi connectivity index (χ4n) is 3.07. The van der Waals surface area contributed by atoms with Crippen molar-refractivity contribution >= 4 is 34.1 Å². The minimum absolute atomic E-state index is 0.275. The number of hydrogen-bond acceptors (Lipinski definition) is 3. The number of urea groups is 1. The summed E-state index contributed by atoms with van der Waals surface area (Å²) in [6.45, 7) is 0.676. The summed E-state index contributed by atoms with van der Waals surface area (Å²) in [5.74, 6) is 0.504. The summed E-state index contributed by atoms with van der Waals surface area (Å²) < 4.78 is 2.12. The number of pyridine rings is 1. The zero-order valence-corrected chi connectivity index (χ0v) is 14.6. The van der Waals surface area contributed by atoms with Crippen LogP contribution in [0.1, 0.15) is 5.56 Å². The highest BCUT2D eigenvalue weighted by Crippen LogP contribution is 2.25. The normalized spacial score (nSPS) is 10.7. The van der Waals surface area contributed by atoms with Crippen LogP contribution in [0.25, 0.3) is 10.9 Å². The third kappa shape index (κ3) is 3.74. The summed E-state index contributed by atoms with van der Waals surface area (Å²) in [5, 5.41) is 6.73. The molecule has 0 bridgehead atoms. The minimum atomic E-state index is -0.275. The van der Waals surface area contributed by atoms with Crippen LogP contribution in [-0.4, -0.2) is 15.6 Å². The number of nitrogens with zero attached hydrogens (tertiary/aromatic N) is 2. The highest BCUT2D eigenvalue weighted by molar-refractivity contribution is 6.05. The molecule has 27 heavy (non-hydrogen) atoms. The number of fused-ring (bicyclic) bond motifs is 1. The molecule has 2 aromatic heterocycles. The molecule has 0 spiro atoms. The van der Waals surface area contributed by atoms with Crippen LogP contribution in [0.5, 0.6) is 0 Å². The van der Waals surface area contributed by atoms with Gasteiger partial charge in [0, 0.05) is 30.0 Å².